The summed E-state index contributed by atoms with van der Waals surface area (Å²) in [4.78, 5) is 13.4. The lowest BCUT2D eigenvalue weighted by Gasteiger charge is -2.30. The van der Waals surface area contributed by atoms with E-state index in [2.05, 4.69) is 9.97 Å². The number of aromatic nitrogens is 3. The van der Waals surface area contributed by atoms with Gasteiger partial charge in [0, 0.05) is 30.8 Å². The molecule has 7 rings (SSSR count). The first-order chi connectivity index (χ1) is 20.1. The molecule has 0 aliphatic carbocycles. The zero-order valence-corrected chi connectivity index (χ0v) is 23.0. The monoisotopic (exact) mass is 564 g/mol. The number of pyridine rings is 1. The van der Waals surface area contributed by atoms with Crippen LogP contribution in [-0.2, 0) is 10.0 Å². The van der Waals surface area contributed by atoms with Crippen molar-refractivity contribution >= 4 is 10.0 Å². The molecule has 0 bridgehead atoms. The largest absolute Gasteiger partial charge is 0.454 e. The van der Waals surface area contributed by atoms with Crippen LogP contribution in [0.15, 0.2) is 102 Å². The second-order valence-electron chi connectivity index (χ2n) is 10.2. The van der Waals surface area contributed by atoms with Crippen molar-refractivity contribution in [3.63, 3.8) is 0 Å². The van der Waals surface area contributed by atoms with E-state index in [1.165, 1.54) is 0 Å². The number of fused-ring (bicyclic) bond motifs is 1. The van der Waals surface area contributed by atoms with Crippen molar-refractivity contribution in [2.75, 3.05) is 19.9 Å². The molecule has 2 aliphatic heterocycles. The summed E-state index contributed by atoms with van der Waals surface area (Å²) in [5, 5.41) is 0. The number of rotatable bonds is 6. The number of hydrogen-bond donors (Lipinski definition) is 1. The second-order valence-corrected chi connectivity index (χ2v) is 12.1. The summed E-state index contributed by atoms with van der Waals surface area (Å²) in [7, 11) is -3.59. The number of benzene rings is 3. The summed E-state index contributed by atoms with van der Waals surface area (Å²) in [6, 6.07) is 28.7. The van der Waals surface area contributed by atoms with E-state index in [1.54, 1.807) is 22.6 Å². The van der Waals surface area contributed by atoms with Gasteiger partial charge < -0.3 is 14.5 Å². The molecule has 0 atom stereocenters. The van der Waals surface area contributed by atoms with Gasteiger partial charge in [0.15, 0.2) is 11.5 Å². The number of piperidine rings is 1. The van der Waals surface area contributed by atoms with Crippen LogP contribution in [0.3, 0.4) is 0 Å². The van der Waals surface area contributed by atoms with Crippen LogP contribution in [0, 0.1) is 0 Å². The normalized spacial score (nSPS) is 15.7. The maximum absolute atomic E-state index is 13.5. The molecule has 1 N–H and O–H groups in total. The van der Waals surface area contributed by atoms with Gasteiger partial charge in [-0.1, -0.05) is 48.5 Å². The van der Waals surface area contributed by atoms with Crippen LogP contribution in [0.5, 0.6) is 11.5 Å². The Labute approximate surface area is 238 Å². The highest BCUT2D eigenvalue weighted by atomic mass is 32.2. The Hall–Kier alpha value is -4.47. The first-order valence-corrected chi connectivity index (χ1v) is 15.1. The molecule has 3 aromatic carbocycles. The first kappa shape index (κ1) is 25.5. The average Bonchev–Trinajstić information content (AvgIpc) is 3.70. The zero-order valence-electron chi connectivity index (χ0n) is 22.2. The summed E-state index contributed by atoms with van der Waals surface area (Å²) in [5.41, 5.74) is 5.34. The number of hydrogen-bond acceptors (Lipinski definition) is 6. The summed E-state index contributed by atoms with van der Waals surface area (Å²) in [6.07, 6.45) is 3.09. The molecule has 1 saturated heterocycles. The van der Waals surface area contributed by atoms with Gasteiger partial charge in [-0.2, -0.15) is 4.31 Å². The van der Waals surface area contributed by atoms with Gasteiger partial charge in [0.2, 0.25) is 16.8 Å². The SMILES string of the molecule is O=S(=O)(c1ccc(-c2ccccc2)cc1)N1CCC(c2nc(-c3ccc4c(c3)OCO4)c(-c3ccccn3)[nH]2)CC1. The minimum absolute atomic E-state index is 0.0899. The number of nitrogens with zero attached hydrogens (tertiary/aromatic N) is 3. The van der Waals surface area contributed by atoms with E-state index in [0.717, 1.165) is 39.6 Å². The van der Waals surface area contributed by atoms with Gasteiger partial charge in [-0.15, -0.1) is 0 Å². The van der Waals surface area contributed by atoms with Crippen LogP contribution in [-0.4, -0.2) is 47.6 Å². The molecule has 0 saturated carbocycles. The third kappa shape index (κ3) is 4.87. The van der Waals surface area contributed by atoms with E-state index in [1.807, 2.05) is 78.9 Å². The number of ether oxygens (including phenoxy) is 2. The molecule has 2 aromatic heterocycles. The summed E-state index contributed by atoms with van der Waals surface area (Å²) < 4.78 is 39.6. The maximum Gasteiger partial charge on any atom is 0.243 e. The predicted molar refractivity (Wildman–Crippen MR) is 156 cm³/mol. The zero-order chi connectivity index (χ0) is 27.8. The van der Waals surface area contributed by atoms with Gasteiger partial charge >= 0.3 is 0 Å². The van der Waals surface area contributed by atoms with Crippen LogP contribution >= 0.6 is 0 Å². The van der Waals surface area contributed by atoms with E-state index in [4.69, 9.17) is 14.5 Å². The molecule has 0 amide bonds. The van der Waals surface area contributed by atoms with Gasteiger partial charge in [0.1, 0.15) is 5.82 Å². The van der Waals surface area contributed by atoms with Crippen LogP contribution in [0.4, 0.5) is 0 Å². The lowest BCUT2D eigenvalue weighted by Crippen LogP contribution is -2.38. The number of nitrogens with one attached hydrogen (secondary N) is 1. The molecule has 0 unspecified atom stereocenters. The average molecular weight is 565 g/mol. The molecule has 8 nitrogen and oxygen atoms in total. The van der Waals surface area contributed by atoms with Crippen molar-refractivity contribution in [1.29, 1.82) is 0 Å². The minimum Gasteiger partial charge on any atom is -0.454 e. The molecular weight excluding hydrogens is 536 g/mol. The molecule has 4 heterocycles. The van der Waals surface area contributed by atoms with E-state index in [0.29, 0.717) is 42.3 Å². The Morgan fingerprint density at radius 1 is 0.780 bits per heavy atom. The summed E-state index contributed by atoms with van der Waals surface area (Å²) in [6.45, 7) is 1.05. The van der Waals surface area contributed by atoms with Gasteiger partial charge in [-0.05, 0) is 66.4 Å². The highest BCUT2D eigenvalue weighted by molar-refractivity contribution is 7.89. The van der Waals surface area contributed by atoms with Crippen LogP contribution in [0.25, 0.3) is 33.8 Å². The van der Waals surface area contributed by atoms with Gasteiger partial charge in [0.05, 0.1) is 22.0 Å². The first-order valence-electron chi connectivity index (χ1n) is 13.6. The van der Waals surface area contributed by atoms with E-state index in [9.17, 15) is 8.42 Å². The van der Waals surface area contributed by atoms with Crippen molar-refractivity contribution in [2.45, 2.75) is 23.7 Å². The van der Waals surface area contributed by atoms with Crippen LogP contribution in [0.1, 0.15) is 24.6 Å². The van der Waals surface area contributed by atoms with Gasteiger partial charge in [0.25, 0.3) is 0 Å². The Morgan fingerprint density at radius 3 is 2.24 bits per heavy atom. The number of imidazole rings is 1. The van der Waals surface area contributed by atoms with E-state index >= 15 is 0 Å². The van der Waals surface area contributed by atoms with Gasteiger partial charge in [-0.25, -0.2) is 13.4 Å². The molecule has 0 radical (unpaired) electrons. The smallest absolute Gasteiger partial charge is 0.243 e. The van der Waals surface area contributed by atoms with Crippen molar-refractivity contribution in [3.05, 3.63) is 103 Å². The van der Waals surface area contributed by atoms with Crippen molar-refractivity contribution in [2.24, 2.45) is 0 Å². The Balaban J connectivity index is 1.12. The second kappa shape index (κ2) is 10.5. The fourth-order valence-electron chi connectivity index (χ4n) is 5.50. The van der Waals surface area contributed by atoms with Crippen LogP contribution in [0.2, 0.25) is 0 Å². The summed E-state index contributed by atoms with van der Waals surface area (Å²) >= 11 is 0. The third-order valence-electron chi connectivity index (χ3n) is 7.73. The molecule has 0 spiro atoms. The number of aromatic amines is 1. The lowest BCUT2D eigenvalue weighted by atomic mass is 9.97. The van der Waals surface area contributed by atoms with Crippen molar-refractivity contribution in [3.8, 4) is 45.3 Å². The molecular formula is C32H28N4O4S. The maximum atomic E-state index is 13.5. The van der Waals surface area contributed by atoms with Gasteiger partial charge in [-0.3, -0.25) is 4.98 Å². The molecule has 9 heteroatoms. The highest BCUT2D eigenvalue weighted by Crippen LogP contribution is 2.40. The Kier molecular flexibility index (Phi) is 6.53. The van der Waals surface area contributed by atoms with E-state index < -0.39 is 10.0 Å². The molecule has 2 aliphatic rings. The standard InChI is InChI=1S/C32H28N4O4S/c37-41(38,26-12-9-23(10-13-26)22-6-2-1-3-7-22)36-18-15-24(16-19-36)32-34-30(31(35-32)27-8-4-5-17-33-27)25-11-14-28-29(20-25)40-21-39-28/h1-14,17,20,24H,15-16,18-19,21H2,(H,34,35). The Morgan fingerprint density at radius 2 is 1.49 bits per heavy atom. The Bertz CT molecular complexity index is 1780. The minimum atomic E-state index is -3.59. The molecule has 1 fully saturated rings. The molecule has 41 heavy (non-hydrogen) atoms. The fourth-order valence-corrected chi connectivity index (χ4v) is 6.97. The lowest BCUT2D eigenvalue weighted by molar-refractivity contribution is 0.174. The number of sulfonamides is 1. The quantitative estimate of drug-likeness (QED) is 0.268. The molecule has 206 valence electrons. The fraction of sp³-hybridized carbons (Fsp3) is 0.188. The predicted octanol–water partition coefficient (Wildman–Crippen LogP) is 6.10. The number of H-pyrrole nitrogens is 1. The third-order valence-corrected chi connectivity index (χ3v) is 9.64. The summed E-state index contributed by atoms with van der Waals surface area (Å²) in [5.74, 6) is 2.33. The van der Waals surface area contributed by atoms with Crippen molar-refractivity contribution in [1.82, 2.24) is 19.3 Å². The highest BCUT2D eigenvalue weighted by Gasteiger charge is 2.32. The van der Waals surface area contributed by atoms with E-state index in [-0.39, 0.29) is 12.7 Å². The van der Waals surface area contributed by atoms with Crippen molar-refractivity contribution < 1.29 is 17.9 Å². The van der Waals surface area contributed by atoms with Crippen LogP contribution < -0.4 is 9.47 Å². The topological polar surface area (TPSA) is 97.4 Å². The molecule has 5 aromatic rings.